The molecule has 3 aromatic heterocycles. The second kappa shape index (κ2) is 5.13. The highest BCUT2D eigenvalue weighted by Gasteiger charge is 2.21. The van der Waals surface area contributed by atoms with Crippen LogP contribution in [0.1, 0.15) is 11.3 Å². The second-order valence-corrected chi connectivity index (χ2v) is 5.87. The molecule has 1 aromatic carbocycles. The lowest BCUT2D eigenvalue weighted by atomic mass is 10.1. The van der Waals surface area contributed by atoms with Gasteiger partial charge in [0.25, 0.3) is 0 Å². The van der Waals surface area contributed by atoms with E-state index in [4.69, 9.17) is 0 Å². The highest BCUT2D eigenvalue weighted by atomic mass is 15.2. The highest BCUT2D eigenvalue weighted by molar-refractivity contribution is 5.93. The molecular weight excluding hydrogens is 300 g/mol. The van der Waals surface area contributed by atoms with Crippen LogP contribution in [0.2, 0.25) is 0 Å². The van der Waals surface area contributed by atoms with Crippen LogP contribution in [-0.2, 0) is 13.1 Å². The summed E-state index contributed by atoms with van der Waals surface area (Å²) >= 11 is 0. The van der Waals surface area contributed by atoms with Crippen LogP contribution in [0, 0.1) is 0 Å². The zero-order chi connectivity index (χ0) is 15.9. The van der Waals surface area contributed by atoms with E-state index in [2.05, 4.69) is 42.2 Å². The highest BCUT2D eigenvalue weighted by Crippen LogP contribution is 2.30. The molecule has 0 spiro atoms. The van der Waals surface area contributed by atoms with E-state index in [1.807, 2.05) is 36.7 Å². The van der Waals surface area contributed by atoms with Crippen LogP contribution in [-0.4, -0.2) is 25.1 Å². The van der Waals surface area contributed by atoms with E-state index >= 15 is 0 Å². The van der Waals surface area contributed by atoms with E-state index in [9.17, 15) is 0 Å². The first-order valence-corrected chi connectivity index (χ1v) is 7.81. The molecule has 1 aliphatic heterocycles. The molecule has 1 aliphatic rings. The molecule has 0 unspecified atom stereocenters. The van der Waals surface area contributed by atoms with E-state index in [1.165, 1.54) is 0 Å². The Morgan fingerprint density at radius 3 is 2.96 bits per heavy atom. The number of hydrogen-bond donors (Lipinski definition) is 1. The molecule has 5 rings (SSSR count). The van der Waals surface area contributed by atoms with Gasteiger partial charge >= 0.3 is 0 Å². The van der Waals surface area contributed by atoms with Gasteiger partial charge in [-0.2, -0.15) is 5.10 Å². The Bertz CT molecular complexity index is 1010. The third-order valence-corrected chi connectivity index (χ3v) is 4.40. The molecule has 0 saturated carbocycles. The summed E-state index contributed by atoms with van der Waals surface area (Å²) < 4.78 is 0. The normalized spacial score (nSPS) is 13.4. The summed E-state index contributed by atoms with van der Waals surface area (Å²) in [5.74, 6) is 0.928. The molecule has 4 aromatic rings. The van der Waals surface area contributed by atoms with E-state index in [0.717, 1.165) is 52.3 Å². The first kappa shape index (κ1) is 13.2. The van der Waals surface area contributed by atoms with Crippen molar-refractivity contribution in [3.8, 4) is 11.3 Å². The minimum atomic E-state index is 0.760. The molecular formula is C18H14N6. The predicted molar refractivity (Wildman–Crippen MR) is 91.2 cm³/mol. The number of pyridine rings is 1. The molecule has 6 heteroatoms. The van der Waals surface area contributed by atoms with Crippen LogP contribution in [0.3, 0.4) is 0 Å². The Kier molecular flexibility index (Phi) is 2.82. The van der Waals surface area contributed by atoms with Crippen LogP contribution in [0.5, 0.6) is 0 Å². The number of aromatic amines is 1. The third kappa shape index (κ3) is 2.04. The van der Waals surface area contributed by atoms with Crippen molar-refractivity contribution in [2.45, 2.75) is 13.1 Å². The zero-order valence-corrected chi connectivity index (χ0v) is 12.8. The molecule has 0 bridgehead atoms. The van der Waals surface area contributed by atoms with Crippen molar-refractivity contribution < 1.29 is 0 Å². The largest absolute Gasteiger partial charge is 0.346 e. The van der Waals surface area contributed by atoms with Gasteiger partial charge in [0.1, 0.15) is 17.8 Å². The van der Waals surface area contributed by atoms with Crippen molar-refractivity contribution in [3.05, 3.63) is 66.4 Å². The fourth-order valence-corrected chi connectivity index (χ4v) is 3.18. The molecule has 0 fully saturated rings. The van der Waals surface area contributed by atoms with Gasteiger partial charge in [-0.25, -0.2) is 15.0 Å². The van der Waals surface area contributed by atoms with Crippen molar-refractivity contribution in [2.24, 2.45) is 0 Å². The SMILES string of the molecule is c1ccc2c(-c3ccnc(N4Cc5cncnc5C4)c3)n[nH]c2c1. The number of nitrogens with one attached hydrogen (secondary N) is 1. The smallest absolute Gasteiger partial charge is 0.129 e. The average molecular weight is 314 g/mol. The predicted octanol–water partition coefficient (Wildman–Crippen LogP) is 2.94. The Balaban J connectivity index is 1.54. The van der Waals surface area contributed by atoms with Crippen molar-refractivity contribution in [2.75, 3.05) is 4.90 Å². The number of H-pyrrole nitrogens is 1. The van der Waals surface area contributed by atoms with Gasteiger partial charge in [-0.3, -0.25) is 5.10 Å². The topological polar surface area (TPSA) is 70.6 Å². The first-order chi connectivity index (χ1) is 11.9. The summed E-state index contributed by atoms with van der Waals surface area (Å²) in [7, 11) is 0. The second-order valence-electron chi connectivity index (χ2n) is 5.87. The van der Waals surface area contributed by atoms with E-state index < -0.39 is 0 Å². The molecule has 24 heavy (non-hydrogen) atoms. The zero-order valence-electron chi connectivity index (χ0n) is 12.8. The molecule has 0 atom stereocenters. The summed E-state index contributed by atoms with van der Waals surface area (Å²) in [5, 5.41) is 8.68. The summed E-state index contributed by atoms with van der Waals surface area (Å²) in [6.45, 7) is 1.55. The van der Waals surface area contributed by atoms with Crippen molar-refractivity contribution in [1.82, 2.24) is 25.1 Å². The number of hydrogen-bond acceptors (Lipinski definition) is 5. The van der Waals surface area contributed by atoms with Gasteiger partial charge < -0.3 is 4.90 Å². The minimum absolute atomic E-state index is 0.760. The van der Waals surface area contributed by atoms with Crippen LogP contribution in [0.15, 0.2) is 55.1 Å². The number of aromatic nitrogens is 5. The van der Waals surface area contributed by atoms with Crippen LogP contribution in [0.25, 0.3) is 22.2 Å². The average Bonchev–Trinajstić information content (AvgIpc) is 3.26. The summed E-state index contributed by atoms with van der Waals surface area (Å²) in [6.07, 6.45) is 5.32. The molecule has 0 saturated heterocycles. The Hall–Kier alpha value is -3.28. The van der Waals surface area contributed by atoms with Gasteiger partial charge in [0.2, 0.25) is 0 Å². The maximum absolute atomic E-state index is 4.53. The van der Waals surface area contributed by atoms with E-state index in [-0.39, 0.29) is 0 Å². The van der Waals surface area contributed by atoms with Gasteiger partial charge in [0, 0.05) is 35.5 Å². The summed E-state index contributed by atoms with van der Waals surface area (Å²) in [4.78, 5) is 15.2. The number of rotatable bonds is 2. The lowest BCUT2D eigenvalue weighted by Gasteiger charge is -2.16. The standard InChI is InChI=1S/C18H14N6/c1-2-4-15-14(3-1)18(23-22-15)12-5-6-20-17(7-12)24-9-13-8-19-11-21-16(13)10-24/h1-8,11H,9-10H2,(H,22,23). The molecule has 0 aliphatic carbocycles. The number of benzene rings is 1. The number of nitrogens with zero attached hydrogens (tertiary/aromatic N) is 5. The van der Waals surface area contributed by atoms with E-state index in [1.54, 1.807) is 6.33 Å². The maximum atomic E-state index is 4.53. The Morgan fingerprint density at radius 1 is 1.04 bits per heavy atom. The molecule has 4 heterocycles. The number of anilines is 1. The van der Waals surface area contributed by atoms with Crippen molar-refractivity contribution in [1.29, 1.82) is 0 Å². The van der Waals surface area contributed by atoms with Crippen LogP contribution >= 0.6 is 0 Å². The third-order valence-electron chi connectivity index (χ3n) is 4.40. The van der Waals surface area contributed by atoms with E-state index in [0.29, 0.717) is 0 Å². The first-order valence-electron chi connectivity index (χ1n) is 7.81. The van der Waals surface area contributed by atoms with Gasteiger partial charge in [0.15, 0.2) is 0 Å². The number of fused-ring (bicyclic) bond motifs is 2. The van der Waals surface area contributed by atoms with Crippen LogP contribution in [0.4, 0.5) is 5.82 Å². The van der Waals surface area contributed by atoms with Gasteiger partial charge in [-0.15, -0.1) is 0 Å². The Morgan fingerprint density at radius 2 is 2.00 bits per heavy atom. The number of para-hydroxylation sites is 1. The monoisotopic (exact) mass is 314 g/mol. The van der Waals surface area contributed by atoms with Crippen molar-refractivity contribution in [3.63, 3.8) is 0 Å². The quantitative estimate of drug-likeness (QED) is 0.616. The molecule has 6 nitrogen and oxygen atoms in total. The minimum Gasteiger partial charge on any atom is -0.346 e. The van der Waals surface area contributed by atoms with Crippen molar-refractivity contribution >= 4 is 16.7 Å². The van der Waals surface area contributed by atoms with Gasteiger partial charge in [-0.05, 0) is 18.2 Å². The molecule has 0 radical (unpaired) electrons. The van der Waals surface area contributed by atoms with Gasteiger partial charge in [-0.1, -0.05) is 18.2 Å². The van der Waals surface area contributed by atoms with Gasteiger partial charge in [0.05, 0.1) is 17.8 Å². The maximum Gasteiger partial charge on any atom is 0.129 e. The molecule has 0 amide bonds. The van der Waals surface area contributed by atoms with Crippen LogP contribution < -0.4 is 4.90 Å². The molecule has 1 N–H and O–H groups in total. The fraction of sp³-hybridized carbons (Fsp3) is 0.111. The lowest BCUT2D eigenvalue weighted by molar-refractivity contribution is 0.848. The Labute approximate surface area is 138 Å². The molecule has 116 valence electrons. The lowest BCUT2D eigenvalue weighted by Crippen LogP contribution is -2.16. The summed E-state index contributed by atoms with van der Waals surface area (Å²) in [5.41, 5.74) is 5.28. The fourth-order valence-electron chi connectivity index (χ4n) is 3.18. The summed E-state index contributed by atoms with van der Waals surface area (Å²) in [6, 6.07) is 12.2.